The van der Waals surface area contributed by atoms with E-state index in [0.717, 1.165) is 24.0 Å². The van der Waals surface area contributed by atoms with Crippen molar-refractivity contribution in [3.8, 4) is 0 Å². The highest BCUT2D eigenvalue weighted by Gasteiger charge is 2.01. The van der Waals surface area contributed by atoms with E-state index in [-0.39, 0.29) is 0 Å². The van der Waals surface area contributed by atoms with E-state index in [1.54, 1.807) is 0 Å². The van der Waals surface area contributed by atoms with E-state index in [1.807, 2.05) is 19.9 Å². The van der Waals surface area contributed by atoms with Gasteiger partial charge in [0.2, 0.25) is 0 Å². The molecule has 0 amide bonds. The maximum Gasteiger partial charge on any atom is 0.131 e. The van der Waals surface area contributed by atoms with Crippen LogP contribution in [-0.4, -0.2) is 22.6 Å². The summed E-state index contributed by atoms with van der Waals surface area (Å²) in [7, 11) is 0. The molecule has 1 rings (SSSR count). The summed E-state index contributed by atoms with van der Waals surface area (Å²) in [4.78, 5) is 8.56. The van der Waals surface area contributed by atoms with Crippen molar-refractivity contribution in [1.82, 2.24) is 9.97 Å². The predicted octanol–water partition coefficient (Wildman–Crippen LogP) is 2.04. The van der Waals surface area contributed by atoms with Gasteiger partial charge in [-0.05, 0) is 27.7 Å². The summed E-state index contributed by atoms with van der Waals surface area (Å²) >= 11 is 0. The molecular formula is C10H18N4. The number of aryl methyl sites for hydroxylation is 1. The Labute approximate surface area is 85.2 Å². The lowest BCUT2D eigenvalue weighted by Gasteiger charge is -2.11. The molecule has 4 nitrogen and oxygen atoms in total. The summed E-state index contributed by atoms with van der Waals surface area (Å²) in [6.07, 6.45) is 0. The van der Waals surface area contributed by atoms with Gasteiger partial charge < -0.3 is 10.6 Å². The number of hydrogen-bond donors (Lipinski definition) is 2. The molecule has 14 heavy (non-hydrogen) atoms. The minimum Gasteiger partial charge on any atom is -0.370 e. The van der Waals surface area contributed by atoms with Crippen LogP contribution in [0.1, 0.15) is 26.6 Å². The average molecular weight is 194 g/mol. The molecule has 0 bridgehead atoms. The highest BCUT2D eigenvalue weighted by molar-refractivity contribution is 5.47. The average Bonchev–Trinajstić information content (AvgIpc) is 2.01. The second kappa shape index (κ2) is 4.79. The van der Waals surface area contributed by atoms with Crippen LogP contribution in [0.3, 0.4) is 0 Å². The lowest BCUT2D eigenvalue weighted by molar-refractivity contribution is 0.880. The number of rotatable bonds is 4. The summed E-state index contributed by atoms with van der Waals surface area (Å²) in [5, 5.41) is 6.42. The van der Waals surface area contributed by atoms with Crippen molar-refractivity contribution >= 4 is 11.6 Å². The molecule has 0 aromatic carbocycles. The fourth-order valence-corrected chi connectivity index (χ4v) is 1.21. The second-order valence-electron chi connectivity index (χ2n) is 3.52. The molecule has 0 saturated carbocycles. The van der Waals surface area contributed by atoms with Crippen molar-refractivity contribution in [3.63, 3.8) is 0 Å². The van der Waals surface area contributed by atoms with Crippen LogP contribution in [0.4, 0.5) is 11.6 Å². The highest BCUT2D eigenvalue weighted by atomic mass is 15.1. The van der Waals surface area contributed by atoms with Gasteiger partial charge >= 0.3 is 0 Å². The van der Waals surface area contributed by atoms with Crippen molar-refractivity contribution in [2.24, 2.45) is 0 Å². The van der Waals surface area contributed by atoms with Gasteiger partial charge in [0.1, 0.15) is 17.5 Å². The topological polar surface area (TPSA) is 49.8 Å². The largest absolute Gasteiger partial charge is 0.370 e. The molecule has 0 spiro atoms. The summed E-state index contributed by atoms with van der Waals surface area (Å²) in [5.74, 6) is 2.54. The van der Waals surface area contributed by atoms with Crippen molar-refractivity contribution < 1.29 is 0 Å². The number of anilines is 2. The first-order valence-electron chi connectivity index (χ1n) is 4.98. The predicted molar refractivity (Wildman–Crippen MR) is 59.7 cm³/mol. The number of nitrogens with zero attached hydrogens (tertiary/aromatic N) is 2. The van der Waals surface area contributed by atoms with Gasteiger partial charge in [-0.2, -0.15) is 0 Å². The third-order valence-corrected chi connectivity index (χ3v) is 1.63. The van der Waals surface area contributed by atoms with Gasteiger partial charge in [0.25, 0.3) is 0 Å². The summed E-state index contributed by atoms with van der Waals surface area (Å²) < 4.78 is 0. The second-order valence-corrected chi connectivity index (χ2v) is 3.52. The molecule has 0 saturated heterocycles. The third-order valence-electron chi connectivity index (χ3n) is 1.63. The summed E-state index contributed by atoms with van der Waals surface area (Å²) in [6.45, 7) is 8.99. The van der Waals surface area contributed by atoms with Crippen LogP contribution in [0, 0.1) is 6.92 Å². The van der Waals surface area contributed by atoms with E-state index in [4.69, 9.17) is 0 Å². The van der Waals surface area contributed by atoms with Gasteiger partial charge in [0, 0.05) is 18.7 Å². The van der Waals surface area contributed by atoms with Crippen LogP contribution in [0.15, 0.2) is 6.07 Å². The Kier molecular flexibility index (Phi) is 3.68. The van der Waals surface area contributed by atoms with Crippen LogP contribution >= 0.6 is 0 Å². The first-order valence-corrected chi connectivity index (χ1v) is 4.98. The molecule has 0 aliphatic rings. The number of nitrogens with one attached hydrogen (secondary N) is 2. The fraction of sp³-hybridized carbons (Fsp3) is 0.600. The molecule has 1 heterocycles. The van der Waals surface area contributed by atoms with E-state index in [9.17, 15) is 0 Å². The molecule has 0 unspecified atom stereocenters. The zero-order chi connectivity index (χ0) is 10.6. The van der Waals surface area contributed by atoms with Crippen LogP contribution in [0.25, 0.3) is 0 Å². The van der Waals surface area contributed by atoms with E-state index in [2.05, 4.69) is 34.4 Å². The standard InChI is InChI=1S/C10H18N4/c1-5-11-9-6-10(12-7(2)3)14-8(4)13-9/h6-7H,5H2,1-4H3,(H2,11,12,13,14). The van der Waals surface area contributed by atoms with Crippen molar-refractivity contribution in [2.75, 3.05) is 17.2 Å². The molecule has 1 aromatic rings. The van der Waals surface area contributed by atoms with E-state index in [1.165, 1.54) is 0 Å². The fourth-order valence-electron chi connectivity index (χ4n) is 1.21. The smallest absolute Gasteiger partial charge is 0.131 e. The number of aromatic nitrogens is 2. The third kappa shape index (κ3) is 3.20. The summed E-state index contributed by atoms with van der Waals surface area (Å²) in [5.41, 5.74) is 0. The maximum atomic E-state index is 4.29. The van der Waals surface area contributed by atoms with Crippen LogP contribution in [0.2, 0.25) is 0 Å². The molecule has 0 fully saturated rings. The molecule has 0 radical (unpaired) electrons. The van der Waals surface area contributed by atoms with Gasteiger partial charge in [-0.1, -0.05) is 0 Å². The van der Waals surface area contributed by atoms with E-state index in [0.29, 0.717) is 6.04 Å². The van der Waals surface area contributed by atoms with Gasteiger partial charge in [0.05, 0.1) is 0 Å². The molecule has 2 N–H and O–H groups in total. The SMILES string of the molecule is CCNc1cc(NC(C)C)nc(C)n1. The van der Waals surface area contributed by atoms with Crippen LogP contribution in [-0.2, 0) is 0 Å². The Balaban J connectivity index is 2.83. The quantitative estimate of drug-likeness (QED) is 0.770. The van der Waals surface area contributed by atoms with Gasteiger partial charge in [-0.15, -0.1) is 0 Å². The molecule has 0 atom stereocenters. The Morgan fingerprint density at radius 3 is 2.50 bits per heavy atom. The van der Waals surface area contributed by atoms with Crippen LogP contribution in [0.5, 0.6) is 0 Å². The van der Waals surface area contributed by atoms with E-state index < -0.39 is 0 Å². The Hall–Kier alpha value is -1.32. The first-order chi connectivity index (χ1) is 6.61. The molecule has 0 aliphatic heterocycles. The van der Waals surface area contributed by atoms with Crippen molar-refractivity contribution in [2.45, 2.75) is 33.7 Å². The molecule has 1 aromatic heterocycles. The van der Waals surface area contributed by atoms with Crippen molar-refractivity contribution in [3.05, 3.63) is 11.9 Å². The Bertz CT molecular complexity index is 296. The highest BCUT2D eigenvalue weighted by Crippen LogP contribution is 2.11. The summed E-state index contributed by atoms with van der Waals surface area (Å²) in [6, 6.07) is 2.31. The lowest BCUT2D eigenvalue weighted by atomic mass is 10.4. The van der Waals surface area contributed by atoms with Gasteiger partial charge in [0.15, 0.2) is 0 Å². The number of hydrogen-bond acceptors (Lipinski definition) is 4. The molecule has 4 heteroatoms. The van der Waals surface area contributed by atoms with Crippen LogP contribution < -0.4 is 10.6 Å². The normalized spacial score (nSPS) is 10.4. The minimum absolute atomic E-state index is 0.388. The zero-order valence-corrected chi connectivity index (χ0v) is 9.26. The molecule has 0 aliphatic carbocycles. The molecular weight excluding hydrogens is 176 g/mol. The van der Waals surface area contributed by atoms with E-state index >= 15 is 0 Å². The zero-order valence-electron chi connectivity index (χ0n) is 9.26. The Morgan fingerprint density at radius 1 is 1.29 bits per heavy atom. The van der Waals surface area contributed by atoms with Gasteiger partial charge in [-0.25, -0.2) is 9.97 Å². The monoisotopic (exact) mass is 194 g/mol. The first kappa shape index (κ1) is 10.8. The minimum atomic E-state index is 0.388. The maximum absolute atomic E-state index is 4.29. The molecule has 78 valence electrons. The lowest BCUT2D eigenvalue weighted by Crippen LogP contribution is -2.12. The van der Waals surface area contributed by atoms with Crippen molar-refractivity contribution in [1.29, 1.82) is 0 Å². The Morgan fingerprint density at radius 2 is 1.93 bits per heavy atom. The van der Waals surface area contributed by atoms with Gasteiger partial charge in [-0.3, -0.25) is 0 Å².